The Kier molecular flexibility index (Phi) is 6.48. The highest BCUT2D eigenvalue weighted by molar-refractivity contribution is 5.89. The molecular weight excluding hydrogens is 256 g/mol. The minimum Gasteiger partial charge on any atom is -0.395 e. The van der Waals surface area contributed by atoms with E-state index in [2.05, 4.69) is 5.32 Å². The minimum absolute atomic E-state index is 0.0227. The van der Waals surface area contributed by atoms with Crippen molar-refractivity contribution < 1.29 is 14.6 Å². The number of anilines is 1. The fraction of sp³-hybridized carbons (Fsp3) is 0.533. The van der Waals surface area contributed by atoms with Gasteiger partial charge in [-0.05, 0) is 38.5 Å². The number of hydrogen-bond donors (Lipinski definition) is 2. The van der Waals surface area contributed by atoms with E-state index in [0.717, 1.165) is 11.3 Å². The summed E-state index contributed by atoms with van der Waals surface area (Å²) in [6, 6.07) is 7.38. The van der Waals surface area contributed by atoms with Crippen LogP contribution in [0.2, 0.25) is 0 Å². The first-order valence-corrected chi connectivity index (χ1v) is 6.80. The predicted molar refractivity (Wildman–Crippen MR) is 79.8 cm³/mol. The molecule has 0 aromatic heterocycles. The molecule has 0 spiro atoms. The first-order valence-electron chi connectivity index (χ1n) is 6.80. The van der Waals surface area contributed by atoms with Crippen LogP contribution < -0.4 is 5.32 Å². The average molecular weight is 280 g/mol. The first-order chi connectivity index (χ1) is 9.49. The van der Waals surface area contributed by atoms with Crippen LogP contribution in [0.15, 0.2) is 24.3 Å². The molecule has 1 aromatic rings. The number of ether oxygens (including phenoxy) is 1. The van der Waals surface area contributed by atoms with E-state index < -0.39 is 0 Å². The molecule has 0 saturated heterocycles. The van der Waals surface area contributed by atoms with E-state index in [9.17, 15) is 4.79 Å². The molecule has 0 radical (unpaired) electrons. The molecule has 0 fully saturated rings. The van der Waals surface area contributed by atoms with E-state index >= 15 is 0 Å². The number of carbonyl (C=O) groups excluding carboxylic acids is 1. The summed E-state index contributed by atoms with van der Waals surface area (Å²) < 4.78 is 5.26. The molecule has 112 valence electrons. The minimum atomic E-state index is -0.212. The molecular formula is C15H24N2O3. The monoisotopic (exact) mass is 280 g/mol. The van der Waals surface area contributed by atoms with Crippen LogP contribution in [-0.4, -0.2) is 42.3 Å². The number of methoxy groups -OCH3 is 1. The third kappa shape index (κ3) is 4.51. The highest BCUT2D eigenvalue weighted by Gasteiger charge is 2.16. The van der Waals surface area contributed by atoms with Crippen molar-refractivity contribution in [2.75, 3.05) is 25.6 Å². The molecule has 0 aliphatic rings. The van der Waals surface area contributed by atoms with Crippen molar-refractivity contribution in [2.24, 2.45) is 0 Å². The maximum absolute atomic E-state index is 12.2. The summed E-state index contributed by atoms with van der Waals surface area (Å²) in [5.74, 6) is 0. The number of amides is 2. The lowest BCUT2D eigenvalue weighted by Gasteiger charge is -2.26. The van der Waals surface area contributed by atoms with Gasteiger partial charge >= 0.3 is 6.03 Å². The maximum atomic E-state index is 12.2. The quantitative estimate of drug-likeness (QED) is 0.842. The van der Waals surface area contributed by atoms with Crippen LogP contribution >= 0.6 is 0 Å². The SMILES string of the molecule is CO[C@@H](C)c1cccc(NC(=O)N(CCO)C(C)C)c1. The molecule has 2 amide bonds. The van der Waals surface area contributed by atoms with Crippen molar-refractivity contribution in [1.29, 1.82) is 0 Å². The number of hydrogen-bond acceptors (Lipinski definition) is 3. The fourth-order valence-corrected chi connectivity index (χ4v) is 1.90. The van der Waals surface area contributed by atoms with Crippen molar-refractivity contribution in [1.82, 2.24) is 4.90 Å². The second kappa shape index (κ2) is 7.87. The standard InChI is InChI=1S/C15H24N2O3/c1-11(2)17(8-9-18)15(19)16-14-7-5-6-13(10-14)12(3)20-4/h5-7,10-12,18H,8-9H2,1-4H3,(H,16,19)/t12-/m0/s1. The second-order valence-corrected chi connectivity index (χ2v) is 4.94. The van der Waals surface area contributed by atoms with Gasteiger partial charge in [0.2, 0.25) is 0 Å². The molecule has 0 saturated carbocycles. The molecule has 0 aliphatic carbocycles. The van der Waals surface area contributed by atoms with Gasteiger partial charge in [0.05, 0.1) is 12.7 Å². The van der Waals surface area contributed by atoms with Crippen LogP contribution in [0.4, 0.5) is 10.5 Å². The number of nitrogens with one attached hydrogen (secondary N) is 1. The van der Waals surface area contributed by atoms with E-state index in [1.807, 2.05) is 45.0 Å². The fourth-order valence-electron chi connectivity index (χ4n) is 1.90. The molecule has 2 N–H and O–H groups in total. The van der Waals surface area contributed by atoms with Crippen LogP contribution in [0.25, 0.3) is 0 Å². The zero-order valence-electron chi connectivity index (χ0n) is 12.6. The van der Waals surface area contributed by atoms with Gasteiger partial charge in [-0.15, -0.1) is 0 Å². The molecule has 0 bridgehead atoms. The molecule has 5 nitrogen and oxygen atoms in total. The van der Waals surface area contributed by atoms with Crippen LogP contribution in [0.1, 0.15) is 32.4 Å². The summed E-state index contributed by atoms with van der Waals surface area (Å²) in [6.45, 7) is 6.05. The Labute approximate surface area is 120 Å². The van der Waals surface area contributed by atoms with Crippen LogP contribution in [-0.2, 0) is 4.74 Å². The van der Waals surface area contributed by atoms with E-state index in [4.69, 9.17) is 9.84 Å². The Hall–Kier alpha value is -1.59. The van der Waals surface area contributed by atoms with Crippen molar-refractivity contribution in [3.63, 3.8) is 0 Å². The second-order valence-electron chi connectivity index (χ2n) is 4.94. The number of nitrogens with zero attached hydrogens (tertiary/aromatic N) is 1. The van der Waals surface area contributed by atoms with Crippen LogP contribution in [0.3, 0.4) is 0 Å². The summed E-state index contributed by atoms with van der Waals surface area (Å²) >= 11 is 0. The first kappa shape index (κ1) is 16.5. The maximum Gasteiger partial charge on any atom is 0.322 e. The van der Waals surface area contributed by atoms with Gasteiger partial charge in [-0.25, -0.2) is 4.79 Å². The molecule has 0 heterocycles. The number of aliphatic hydroxyl groups is 1. The van der Waals surface area contributed by atoms with Gasteiger partial charge in [0.25, 0.3) is 0 Å². The Morgan fingerprint density at radius 2 is 2.10 bits per heavy atom. The van der Waals surface area contributed by atoms with E-state index in [-0.39, 0.29) is 24.8 Å². The highest BCUT2D eigenvalue weighted by atomic mass is 16.5. The molecule has 1 rings (SSSR count). The van der Waals surface area contributed by atoms with Crippen molar-refractivity contribution in [3.05, 3.63) is 29.8 Å². The normalized spacial score (nSPS) is 12.3. The lowest BCUT2D eigenvalue weighted by atomic mass is 10.1. The number of benzene rings is 1. The van der Waals surface area contributed by atoms with Gasteiger partial charge in [-0.2, -0.15) is 0 Å². The summed E-state index contributed by atoms with van der Waals surface area (Å²) in [7, 11) is 1.65. The molecule has 1 atom stereocenters. The largest absolute Gasteiger partial charge is 0.395 e. The molecule has 0 aliphatic heterocycles. The van der Waals surface area contributed by atoms with Gasteiger partial charge < -0.3 is 20.1 Å². The summed E-state index contributed by atoms with van der Waals surface area (Å²) in [5.41, 5.74) is 1.73. The lowest BCUT2D eigenvalue weighted by molar-refractivity contribution is 0.119. The Bertz CT molecular complexity index is 435. The zero-order chi connectivity index (χ0) is 15.1. The molecule has 20 heavy (non-hydrogen) atoms. The van der Waals surface area contributed by atoms with E-state index in [1.54, 1.807) is 12.0 Å². The molecule has 5 heteroatoms. The van der Waals surface area contributed by atoms with Gasteiger partial charge in [0, 0.05) is 25.4 Å². The van der Waals surface area contributed by atoms with Crippen LogP contribution in [0, 0.1) is 0 Å². The van der Waals surface area contributed by atoms with E-state index in [0.29, 0.717) is 6.54 Å². The van der Waals surface area contributed by atoms with E-state index in [1.165, 1.54) is 0 Å². The Morgan fingerprint density at radius 1 is 1.40 bits per heavy atom. The van der Waals surface area contributed by atoms with Gasteiger partial charge in [0.1, 0.15) is 0 Å². The van der Waals surface area contributed by atoms with Gasteiger partial charge in [-0.3, -0.25) is 0 Å². The zero-order valence-corrected chi connectivity index (χ0v) is 12.6. The number of urea groups is 1. The highest BCUT2D eigenvalue weighted by Crippen LogP contribution is 2.20. The molecule has 0 unspecified atom stereocenters. The topological polar surface area (TPSA) is 61.8 Å². The van der Waals surface area contributed by atoms with Crippen molar-refractivity contribution >= 4 is 11.7 Å². The number of rotatable bonds is 6. The lowest BCUT2D eigenvalue weighted by Crippen LogP contribution is -2.41. The Morgan fingerprint density at radius 3 is 2.65 bits per heavy atom. The van der Waals surface area contributed by atoms with Crippen LogP contribution in [0.5, 0.6) is 0 Å². The van der Waals surface area contributed by atoms with Gasteiger partial charge in [-0.1, -0.05) is 12.1 Å². The summed E-state index contributed by atoms with van der Waals surface area (Å²) in [6.07, 6.45) is -0.0227. The summed E-state index contributed by atoms with van der Waals surface area (Å²) in [5, 5.41) is 11.9. The Balaban J connectivity index is 2.79. The van der Waals surface area contributed by atoms with Gasteiger partial charge in [0.15, 0.2) is 0 Å². The van der Waals surface area contributed by atoms with Crippen molar-refractivity contribution in [2.45, 2.75) is 32.9 Å². The third-order valence-corrected chi connectivity index (χ3v) is 3.19. The number of aliphatic hydroxyl groups excluding tert-OH is 1. The third-order valence-electron chi connectivity index (χ3n) is 3.19. The predicted octanol–water partition coefficient (Wildman–Crippen LogP) is 2.63. The summed E-state index contributed by atoms with van der Waals surface area (Å²) in [4.78, 5) is 13.8. The number of carbonyl (C=O) groups is 1. The molecule has 1 aromatic carbocycles. The smallest absolute Gasteiger partial charge is 0.322 e. The average Bonchev–Trinajstić information content (AvgIpc) is 2.43. The van der Waals surface area contributed by atoms with Crippen molar-refractivity contribution in [3.8, 4) is 0 Å².